The van der Waals surface area contributed by atoms with Crippen LogP contribution in [0, 0.1) is 0 Å². The second-order valence-electron chi connectivity index (χ2n) is 5.05. The van der Waals surface area contributed by atoms with E-state index < -0.39 is 23.1 Å². The Hall–Kier alpha value is -1.52. The molecule has 0 aliphatic rings. The first-order valence-electron chi connectivity index (χ1n) is 5.42. The van der Waals surface area contributed by atoms with Crippen LogP contribution in [-0.4, -0.2) is 5.97 Å². The van der Waals surface area contributed by atoms with Crippen molar-refractivity contribution in [1.82, 2.24) is 0 Å². The second-order valence-corrected chi connectivity index (χ2v) is 5.05. The summed E-state index contributed by atoms with van der Waals surface area (Å²) in [6.07, 6.45) is -4.47. The van der Waals surface area contributed by atoms with Gasteiger partial charge in [0.25, 0.3) is 0 Å². The minimum absolute atomic E-state index is 0.0946. The first kappa shape index (κ1) is 14.5. The number of ether oxygens (including phenoxy) is 1. The molecule has 0 aromatic heterocycles. The van der Waals surface area contributed by atoms with Crippen molar-refractivity contribution >= 4 is 5.97 Å². The average molecular weight is 260 g/mol. The van der Waals surface area contributed by atoms with Crippen LogP contribution in [0.25, 0.3) is 0 Å². The molecule has 0 saturated carbocycles. The van der Waals surface area contributed by atoms with Crippen LogP contribution < -0.4 is 4.74 Å². The van der Waals surface area contributed by atoms with Crippen molar-refractivity contribution in [3.05, 3.63) is 29.3 Å². The van der Waals surface area contributed by atoms with Crippen molar-refractivity contribution in [2.24, 2.45) is 0 Å². The third kappa shape index (κ3) is 3.48. The van der Waals surface area contributed by atoms with Gasteiger partial charge in [-0.1, -0.05) is 26.8 Å². The van der Waals surface area contributed by atoms with Crippen LogP contribution in [0.15, 0.2) is 18.2 Å². The lowest BCUT2D eigenvalue weighted by Crippen LogP contribution is -2.19. The molecule has 0 fully saturated rings. The lowest BCUT2D eigenvalue weighted by molar-refractivity contribution is -0.139. The van der Waals surface area contributed by atoms with Crippen LogP contribution in [-0.2, 0) is 16.4 Å². The minimum Gasteiger partial charge on any atom is -0.427 e. The van der Waals surface area contributed by atoms with Crippen LogP contribution in [0.3, 0.4) is 0 Å². The Balaban J connectivity index is 3.35. The summed E-state index contributed by atoms with van der Waals surface area (Å²) >= 11 is 0. The van der Waals surface area contributed by atoms with E-state index in [-0.39, 0.29) is 11.3 Å². The van der Waals surface area contributed by atoms with Crippen molar-refractivity contribution in [2.75, 3.05) is 0 Å². The molecule has 1 rings (SSSR count). The summed E-state index contributed by atoms with van der Waals surface area (Å²) in [5, 5.41) is 0. The summed E-state index contributed by atoms with van der Waals surface area (Å²) in [6.45, 7) is 6.24. The zero-order valence-corrected chi connectivity index (χ0v) is 10.7. The van der Waals surface area contributed by atoms with E-state index in [1.807, 2.05) is 0 Å². The number of carbonyl (C=O) groups excluding carboxylic acids is 1. The van der Waals surface area contributed by atoms with Gasteiger partial charge in [-0.2, -0.15) is 13.2 Å². The summed E-state index contributed by atoms with van der Waals surface area (Å²) in [6, 6.07) is 3.58. The van der Waals surface area contributed by atoms with Crippen LogP contribution in [0.4, 0.5) is 13.2 Å². The Kier molecular flexibility index (Phi) is 3.74. The molecule has 0 amide bonds. The third-order valence-electron chi connectivity index (χ3n) is 2.37. The maximum atomic E-state index is 13.0. The zero-order valence-electron chi connectivity index (χ0n) is 10.7. The van der Waals surface area contributed by atoms with E-state index in [0.29, 0.717) is 0 Å². The molecule has 0 aliphatic carbocycles. The van der Waals surface area contributed by atoms with Crippen molar-refractivity contribution in [1.29, 1.82) is 0 Å². The van der Waals surface area contributed by atoms with Crippen LogP contribution >= 0.6 is 0 Å². The molecule has 1 aromatic rings. The van der Waals surface area contributed by atoms with Gasteiger partial charge in [0.15, 0.2) is 0 Å². The number of esters is 1. The van der Waals surface area contributed by atoms with Gasteiger partial charge in [0, 0.05) is 6.92 Å². The van der Waals surface area contributed by atoms with Gasteiger partial charge in [-0.15, -0.1) is 0 Å². The monoisotopic (exact) mass is 260 g/mol. The van der Waals surface area contributed by atoms with E-state index in [1.165, 1.54) is 12.1 Å². The maximum Gasteiger partial charge on any atom is 0.416 e. The smallest absolute Gasteiger partial charge is 0.416 e. The minimum atomic E-state index is -4.47. The molecule has 0 spiro atoms. The largest absolute Gasteiger partial charge is 0.427 e. The molecule has 0 aliphatic heterocycles. The summed E-state index contributed by atoms with van der Waals surface area (Å²) < 4.78 is 43.5. The van der Waals surface area contributed by atoms with Crippen LogP contribution in [0.1, 0.15) is 38.8 Å². The van der Waals surface area contributed by atoms with E-state index in [0.717, 1.165) is 13.0 Å². The number of carbonyl (C=O) groups is 1. The number of hydrogen-bond acceptors (Lipinski definition) is 2. The van der Waals surface area contributed by atoms with Crippen molar-refractivity contribution in [3.8, 4) is 5.75 Å². The first-order valence-corrected chi connectivity index (χ1v) is 5.42. The fourth-order valence-electron chi connectivity index (χ4n) is 1.64. The van der Waals surface area contributed by atoms with E-state index in [2.05, 4.69) is 4.74 Å². The Morgan fingerprint density at radius 3 is 2.06 bits per heavy atom. The fourth-order valence-corrected chi connectivity index (χ4v) is 1.64. The highest BCUT2D eigenvalue weighted by atomic mass is 19.4. The molecule has 5 heteroatoms. The highest BCUT2D eigenvalue weighted by Crippen LogP contribution is 2.39. The predicted octanol–water partition coefficient (Wildman–Crippen LogP) is 3.93. The van der Waals surface area contributed by atoms with E-state index in [4.69, 9.17) is 0 Å². The van der Waals surface area contributed by atoms with Gasteiger partial charge in [0.2, 0.25) is 0 Å². The Labute approximate surface area is 104 Å². The maximum absolute atomic E-state index is 13.0. The van der Waals surface area contributed by atoms with Gasteiger partial charge in [-0.05, 0) is 23.1 Å². The highest BCUT2D eigenvalue weighted by Gasteiger charge is 2.36. The highest BCUT2D eigenvalue weighted by molar-refractivity contribution is 5.69. The number of halogens is 3. The zero-order chi connectivity index (χ0) is 14.1. The summed E-state index contributed by atoms with van der Waals surface area (Å²) in [5.41, 5.74) is -1.24. The van der Waals surface area contributed by atoms with Crippen LogP contribution in [0.2, 0.25) is 0 Å². The Morgan fingerprint density at radius 1 is 1.11 bits per heavy atom. The van der Waals surface area contributed by atoms with Crippen molar-refractivity contribution in [2.45, 2.75) is 39.3 Å². The standard InChI is InChI=1S/C13H15F3O2/c1-8(17)18-9-5-6-10(12(2,3)4)11(7-9)13(14,15)16/h5-7H,1-4H3. The molecule has 0 N–H and O–H groups in total. The van der Waals surface area contributed by atoms with Gasteiger partial charge >= 0.3 is 12.1 Å². The fraction of sp³-hybridized carbons (Fsp3) is 0.462. The van der Waals surface area contributed by atoms with E-state index in [9.17, 15) is 18.0 Å². The quantitative estimate of drug-likeness (QED) is 0.565. The predicted molar refractivity (Wildman–Crippen MR) is 61.5 cm³/mol. The third-order valence-corrected chi connectivity index (χ3v) is 2.37. The summed E-state index contributed by atoms with van der Waals surface area (Å²) in [5.74, 6) is -0.741. The van der Waals surface area contributed by atoms with Gasteiger partial charge in [0.05, 0.1) is 5.56 Å². The Bertz CT molecular complexity index is 456. The van der Waals surface area contributed by atoms with Gasteiger partial charge in [-0.3, -0.25) is 4.79 Å². The summed E-state index contributed by atoms with van der Waals surface area (Å²) in [7, 11) is 0. The topological polar surface area (TPSA) is 26.3 Å². The molecule has 0 bridgehead atoms. The number of hydrogen-bond donors (Lipinski definition) is 0. The van der Waals surface area contributed by atoms with Crippen molar-refractivity contribution in [3.63, 3.8) is 0 Å². The normalized spacial score (nSPS) is 12.4. The average Bonchev–Trinajstić information content (AvgIpc) is 2.13. The SMILES string of the molecule is CC(=O)Oc1ccc(C(C)(C)C)c(C(F)(F)F)c1. The van der Waals surface area contributed by atoms with E-state index >= 15 is 0 Å². The number of alkyl halides is 3. The van der Waals surface area contributed by atoms with Gasteiger partial charge in [0.1, 0.15) is 5.75 Å². The molecule has 18 heavy (non-hydrogen) atoms. The first-order chi connectivity index (χ1) is 8.01. The van der Waals surface area contributed by atoms with Gasteiger partial charge < -0.3 is 4.74 Å². The van der Waals surface area contributed by atoms with Gasteiger partial charge in [-0.25, -0.2) is 0 Å². The molecule has 0 atom stereocenters. The van der Waals surface area contributed by atoms with E-state index in [1.54, 1.807) is 20.8 Å². The molecule has 0 radical (unpaired) electrons. The molecule has 0 saturated heterocycles. The summed E-state index contributed by atoms with van der Waals surface area (Å²) in [4.78, 5) is 10.8. The number of rotatable bonds is 1. The van der Waals surface area contributed by atoms with Crippen LogP contribution in [0.5, 0.6) is 5.75 Å². The molecular formula is C13H15F3O2. The second kappa shape index (κ2) is 4.63. The molecular weight excluding hydrogens is 245 g/mol. The Morgan fingerprint density at radius 2 is 1.67 bits per heavy atom. The molecule has 0 heterocycles. The molecule has 1 aromatic carbocycles. The lowest BCUT2D eigenvalue weighted by atomic mass is 9.83. The molecule has 2 nitrogen and oxygen atoms in total. The number of benzene rings is 1. The lowest BCUT2D eigenvalue weighted by Gasteiger charge is -2.24. The molecule has 100 valence electrons. The van der Waals surface area contributed by atoms with Crippen molar-refractivity contribution < 1.29 is 22.7 Å². The molecule has 0 unspecified atom stereocenters.